The van der Waals surface area contributed by atoms with Crippen molar-refractivity contribution < 1.29 is 27.5 Å². The van der Waals surface area contributed by atoms with E-state index in [2.05, 4.69) is 5.92 Å². The fourth-order valence-electron chi connectivity index (χ4n) is 1.70. The lowest BCUT2D eigenvalue weighted by Crippen LogP contribution is -2.35. The molecule has 1 aromatic rings. The van der Waals surface area contributed by atoms with Crippen molar-refractivity contribution in [3.05, 3.63) is 29.8 Å². The molecule has 1 atom stereocenters. The minimum Gasteiger partial charge on any atom is -0.481 e. The smallest absolute Gasteiger partial charge is 0.450 e. The largest absolute Gasteiger partial charge is 0.481 e. The van der Waals surface area contributed by atoms with E-state index in [1.165, 1.54) is 24.3 Å². The molecule has 0 heterocycles. The molecule has 0 bridgehead atoms. The molecule has 0 saturated carbocycles. The summed E-state index contributed by atoms with van der Waals surface area (Å²) < 4.78 is 42.4. The normalized spacial score (nSPS) is 12.3. The van der Waals surface area contributed by atoms with Crippen LogP contribution in [-0.4, -0.2) is 24.3 Å². The number of hydrogen-bond acceptors (Lipinski definition) is 3. The van der Waals surface area contributed by atoms with E-state index >= 15 is 0 Å². The quantitative estimate of drug-likeness (QED) is 0.599. The molecule has 1 aromatic carbocycles. The van der Waals surface area contributed by atoms with Gasteiger partial charge in [0.2, 0.25) is 5.78 Å². The van der Waals surface area contributed by atoms with Crippen molar-refractivity contribution in [2.45, 2.75) is 19.5 Å². The molecule has 1 unspecified atom stereocenters. The van der Waals surface area contributed by atoms with Crippen molar-refractivity contribution in [1.82, 2.24) is 0 Å². The Morgan fingerprint density at radius 1 is 1.29 bits per heavy atom. The Morgan fingerprint density at radius 3 is 2.29 bits per heavy atom. The predicted octanol–water partition coefficient (Wildman–Crippen LogP) is 2.58. The van der Waals surface area contributed by atoms with Gasteiger partial charge < -0.3 is 4.74 Å². The summed E-state index contributed by atoms with van der Waals surface area (Å²) in [5, 5.41) is 0. The third-order valence-corrected chi connectivity index (χ3v) is 2.77. The number of terminal acetylenes is 1. The van der Waals surface area contributed by atoms with Gasteiger partial charge in [-0.05, 0) is 31.0 Å². The zero-order valence-corrected chi connectivity index (χ0v) is 11.2. The summed E-state index contributed by atoms with van der Waals surface area (Å²) in [5.74, 6) is -1.83. The van der Waals surface area contributed by atoms with Crippen molar-refractivity contribution in [2.24, 2.45) is 5.92 Å². The molecule has 6 heteroatoms. The van der Waals surface area contributed by atoms with E-state index < -0.39 is 23.7 Å². The summed E-state index contributed by atoms with van der Waals surface area (Å²) in [7, 11) is 0. The van der Waals surface area contributed by atoms with Gasteiger partial charge in [0.1, 0.15) is 18.1 Å². The molecule has 0 fully saturated rings. The minimum absolute atomic E-state index is 0.0714. The van der Waals surface area contributed by atoms with E-state index in [1.54, 1.807) is 0 Å². The van der Waals surface area contributed by atoms with Crippen LogP contribution in [0.25, 0.3) is 0 Å². The highest BCUT2D eigenvalue weighted by Crippen LogP contribution is 2.24. The van der Waals surface area contributed by atoms with Crippen LogP contribution in [0.2, 0.25) is 0 Å². The number of Topliss-reactive ketones (excluding diaryl/α,β-unsaturated/α-hetero) is 2. The Hall–Kier alpha value is -2.29. The Balaban J connectivity index is 2.83. The highest BCUT2D eigenvalue weighted by molar-refractivity contribution is 6.04. The van der Waals surface area contributed by atoms with Crippen molar-refractivity contribution in [3.63, 3.8) is 0 Å². The van der Waals surface area contributed by atoms with Crippen LogP contribution in [-0.2, 0) is 16.0 Å². The zero-order valence-electron chi connectivity index (χ0n) is 11.2. The predicted molar refractivity (Wildman–Crippen MR) is 69.7 cm³/mol. The van der Waals surface area contributed by atoms with Crippen LogP contribution in [0.5, 0.6) is 5.75 Å². The zero-order chi connectivity index (χ0) is 16.0. The second kappa shape index (κ2) is 6.93. The third-order valence-electron chi connectivity index (χ3n) is 2.77. The Morgan fingerprint density at radius 2 is 1.86 bits per heavy atom. The van der Waals surface area contributed by atoms with E-state index in [9.17, 15) is 22.8 Å². The van der Waals surface area contributed by atoms with Gasteiger partial charge in [-0.15, -0.1) is 6.42 Å². The van der Waals surface area contributed by atoms with E-state index in [0.29, 0.717) is 11.3 Å². The average molecular weight is 298 g/mol. The van der Waals surface area contributed by atoms with Crippen LogP contribution in [0.3, 0.4) is 0 Å². The molecule has 0 aliphatic carbocycles. The van der Waals surface area contributed by atoms with E-state index in [-0.39, 0.29) is 13.0 Å². The van der Waals surface area contributed by atoms with Crippen molar-refractivity contribution in [3.8, 4) is 18.1 Å². The first kappa shape index (κ1) is 16.8. The monoisotopic (exact) mass is 298 g/mol. The van der Waals surface area contributed by atoms with Crippen LogP contribution in [0.4, 0.5) is 13.2 Å². The Kier molecular flexibility index (Phi) is 5.53. The molecule has 0 aliphatic rings. The second-order valence-electron chi connectivity index (χ2n) is 4.37. The maximum absolute atomic E-state index is 12.4. The first-order valence-electron chi connectivity index (χ1n) is 6.02. The van der Waals surface area contributed by atoms with Crippen LogP contribution in [0.15, 0.2) is 24.3 Å². The lowest BCUT2D eigenvalue weighted by atomic mass is 9.91. The SMILES string of the molecule is C#CCOc1ccc(CC(C(C)=O)C(=O)C(F)(F)F)cc1. The number of alkyl halides is 3. The molecule has 0 aliphatic heterocycles. The first-order chi connectivity index (χ1) is 9.75. The van der Waals surface area contributed by atoms with Crippen LogP contribution >= 0.6 is 0 Å². The Labute approximate surface area is 120 Å². The van der Waals surface area contributed by atoms with Crippen molar-refractivity contribution in [1.29, 1.82) is 0 Å². The summed E-state index contributed by atoms with van der Waals surface area (Å²) >= 11 is 0. The molecule has 0 spiro atoms. The van der Waals surface area contributed by atoms with Gasteiger partial charge in [-0.25, -0.2) is 0 Å². The molecule has 1 rings (SSSR count). The molecule has 0 N–H and O–H groups in total. The molecule has 21 heavy (non-hydrogen) atoms. The van der Waals surface area contributed by atoms with Crippen LogP contribution in [0.1, 0.15) is 12.5 Å². The number of carbonyl (C=O) groups is 2. The second-order valence-corrected chi connectivity index (χ2v) is 4.37. The molecule has 0 aromatic heterocycles. The molecule has 0 saturated heterocycles. The first-order valence-corrected chi connectivity index (χ1v) is 6.02. The van der Waals surface area contributed by atoms with Gasteiger partial charge in [0.15, 0.2) is 0 Å². The molecule has 0 radical (unpaired) electrons. The molecule has 112 valence electrons. The summed E-state index contributed by atoms with van der Waals surface area (Å²) in [6.45, 7) is 1.04. The van der Waals surface area contributed by atoms with E-state index in [4.69, 9.17) is 11.2 Å². The maximum Gasteiger partial charge on any atom is 0.450 e. The van der Waals surface area contributed by atoms with Gasteiger partial charge in [0.25, 0.3) is 0 Å². The van der Waals surface area contributed by atoms with E-state index in [0.717, 1.165) is 6.92 Å². The molecular formula is C15H13F3O3. The number of benzene rings is 1. The fraction of sp³-hybridized carbons (Fsp3) is 0.333. The molecular weight excluding hydrogens is 285 g/mol. The number of halogens is 3. The van der Waals surface area contributed by atoms with Crippen molar-refractivity contribution >= 4 is 11.6 Å². The number of ether oxygens (including phenoxy) is 1. The molecule has 3 nitrogen and oxygen atoms in total. The van der Waals surface area contributed by atoms with Gasteiger partial charge in [-0.1, -0.05) is 18.1 Å². The van der Waals surface area contributed by atoms with Gasteiger partial charge >= 0.3 is 6.18 Å². The van der Waals surface area contributed by atoms with Gasteiger partial charge in [0.05, 0.1) is 5.92 Å². The highest BCUT2D eigenvalue weighted by Gasteiger charge is 2.44. The van der Waals surface area contributed by atoms with Gasteiger partial charge in [-0.2, -0.15) is 13.2 Å². The lowest BCUT2D eigenvalue weighted by Gasteiger charge is -2.15. The summed E-state index contributed by atoms with van der Waals surface area (Å²) in [6, 6.07) is 6.01. The number of hydrogen-bond donors (Lipinski definition) is 0. The topological polar surface area (TPSA) is 43.4 Å². The Bertz CT molecular complexity index is 553. The maximum atomic E-state index is 12.4. The lowest BCUT2D eigenvalue weighted by molar-refractivity contribution is -0.176. The minimum atomic E-state index is -5.02. The summed E-state index contributed by atoms with van der Waals surface area (Å²) in [6.07, 6.45) is -0.301. The third kappa shape index (κ3) is 4.95. The van der Waals surface area contributed by atoms with E-state index in [1.807, 2.05) is 0 Å². The summed E-state index contributed by atoms with van der Waals surface area (Å²) in [5.41, 5.74) is 0.431. The van der Waals surface area contributed by atoms with Gasteiger partial charge in [-0.3, -0.25) is 9.59 Å². The fourth-order valence-corrected chi connectivity index (χ4v) is 1.70. The molecule has 0 amide bonds. The number of carbonyl (C=O) groups excluding carboxylic acids is 2. The van der Waals surface area contributed by atoms with Crippen molar-refractivity contribution in [2.75, 3.05) is 6.61 Å². The highest BCUT2D eigenvalue weighted by atomic mass is 19.4. The number of ketones is 2. The van der Waals surface area contributed by atoms with Crippen LogP contribution in [0, 0.1) is 18.3 Å². The average Bonchev–Trinajstić information content (AvgIpc) is 2.41. The number of rotatable bonds is 6. The van der Waals surface area contributed by atoms with Gasteiger partial charge in [0, 0.05) is 0 Å². The summed E-state index contributed by atoms with van der Waals surface area (Å²) in [4.78, 5) is 22.5. The standard InChI is InChI=1S/C15H13F3O3/c1-3-8-21-12-6-4-11(5-7-12)9-13(10(2)19)14(20)15(16,17)18/h1,4-7,13H,8-9H2,2H3. The van der Waals surface area contributed by atoms with Crippen LogP contribution < -0.4 is 4.74 Å².